The largest absolute Gasteiger partial charge is 0.494 e. The van der Waals surface area contributed by atoms with Crippen LogP contribution in [-0.4, -0.2) is 22.0 Å². The highest BCUT2D eigenvalue weighted by Gasteiger charge is 2.09. The van der Waals surface area contributed by atoms with Crippen LogP contribution in [0.1, 0.15) is 12.6 Å². The minimum atomic E-state index is 0.606. The van der Waals surface area contributed by atoms with Crippen molar-refractivity contribution in [1.82, 2.24) is 15.4 Å². The Morgan fingerprint density at radius 2 is 1.77 bits per heavy atom. The summed E-state index contributed by atoms with van der Waals surface area (Å²) in [5.74, 6) is 0.875. The smallest absolute Gasteiger partial charge is 0.119 e. The Bertz CT molecular complexity index is 707. The first-order valence-corrected chi connectivity index (χ1v) is 7.28. The van der Waals surface area contributed by atoms with Crippen LogP contribution < -0.4 is 10.1 Å². The van der Waals surface area contributed by atoms with Crippen LogP contribution in [0, 0.1) is 0 Å². The highest BCUT2D eigenvalue weighted by molar-refractivity contribution is 5.61. The minimum Gasteiger partial charge on any atom is -0.494 e. The van der Waals surface area contributed by atoms with Gasteiger partial charge in [-0.1, -0.05) is 30.3 Å². The van der Waals surface area contributed by atoms with Gasteiger partial charge in [0.15, 0.2) is 0 Å². The van der Waals surface area contributed by atoms with E-state index in [1.54, 1.807) is 0 Å². The SMILES string of the molecule is CCOc1ccc(NCc2n[nH]nc2-c2ccccc2)cc1. The molecule has 5 nitrogen and oxygen atoms in total. The van der Waals surface area contributed by atoms with Gasteiger partial charge in [0.25, 0.3) is 0 Å². The summed E-state index contributed by atoms with van der Waals surface area (Å²) in [6, 6.07) is 17.9. The molecule has 0 spiro atoms. The van der Waals surface area contributed by atoms with Crippen LogP contribution in [0.3, 0.4) is 0 Å². The number of H-pyrrole nitrogens is 1. The van der Waals surface area contributed by atoms with Gasteiger partial charge in [-0.25, -0.2) is 0 Å². The molecule has 0 unspecified atom stereocenters. The van der Waals surface area contributed by atoms with Crippen molar-refractivity contribution >= 4 is 5.69 Å². The molecule has 0 saturated carbocycles. The summed E-state index contributed by atoms with van der Waals surface area (Å²) in [5, 5.41) is 14.5. The maximum Gasteiger partial charge on any atom is 0.119 e. The number of ether oxygens (including phenoxy) is 1. The lowest BCUT2D eigenvalue weighted by atomic mass is 10.1. The molecular formula is C17H18N4O. The zero-order valence-corrected chi connectivity index (χ0v) is 12.4. The molecule has 0 atom stereocenters. The molecule has 22 heavy (non-hydrogen) atoms. The maximum atomic E-state index is 5.43. The Morgan fingerprint density at radius 3 is 2.50 bits per heavy atom. The van der Waals surface area contributed by atoms with Crippen molar-refractivity contribution in [2.45, 2.75) is 13.5 Å². The van der Waals surface area contributed by atoms with Crippen molar-refractivity contribution in [2.75, 3.05) is 11.9 Å². The van der Waals surface area contributed by atoms with Gasteiger partial charge in [0.2, 0.25) is 0 Å². The maximum absolute atomic E-state index is 5.43. The van der Waals surface area contributed by atoms with Gasteiger partial charge in [-0.3, -0.25) is 0 Å². The van der Waals surface area contributed by atoms with Crippen molar-refractivity contribution in [3.63, 3.8) is 0 Å². The number of aromatic nitrogens is 3. The van der Waals surface area contributed by atoms with Gasteiger partial charge in [-0.05, 0) is 31.2 Å². The number of hydrogen-bond donors (Lipinski definition) is 2. The normalized spacial score (nSPS) is 10.4. The quantitative estimate of drug-likeness (QED) is 0.730. The van der Waals surface area contributed by atoms with Gasteiger partial charge < -0.3 is 10.1 Å². The summed E-state index contributed by atoms with van der Waals surface area (Å²) in [7, 11) is 0. The fraction of sp³-hybridized carbons (Fsp3) is 0.176. The lowest BCUT2D eigenvalue weighted by Crippen LogP contribution is -2.01. The number of nitrogens with zero attached hydrogens (tertiary/aromatic N) is 2. The van der Waals surface area contributed by atoms with E-state index in [1.165, 1.54) is 0 Å². The van der Waals surface area contributed by atoms with E-state index in [4.69, 9.17) is 4.74 Å². The molecule has 0 amide bonds. The lowest BCUT2D eigenvalue weighted by molar-refractivity contribution is 0.340. The molecule has 2 aromatic carbocycles. The third kappa shape index (κ3) is 3.25. The van der Waals surface area contributed by atoms with Crippen molar-refractivity contribution in [2.24, 2.45) is 0 Å². The van der Waals surface area contributed by atoms with Gasteiger partial charge in [0.05, 0.1) is 13.2 Å². The minimum absolute atomic E-state index is 0.606. The number of benzene rings is 2. The van der Waals surface area contributed by atoms with Crippen LogP contribution in [0.5, 0.6) is 5.75 Å². The summed E-state index contributed by atoms with van der Waals surface area (Å²) in [6.07, 6.45) is 0. The average molecular weight is 294 g/mol. The van der Waals surface area contributed by atoms with Gasteiger partial charge in [0.1, 0.15) is 17.1 Å². The Balaban J connectivity index is 1.68. The number of anilines is 1. The predicted molar refractivity (Wildman–Crippen MR) is 86.8 cm³/mol. The number of nitrogens with one attached hydrogen (secondary N) is 2. The van der Waals surface area contributed by atoms with Gasteiger partial charge in [-0.15, -0.1) is 0 Å². The van der Waals surface area contributed by atoms with Crippen LogP contribution in [0.4, 0.5) is 5.69 Å². The average Bonchev–Trinajstić information content (AvgIpc) is 3.04. The molecule has 0 radical (unpaired) electrons. The highest BCUT2D eigenvalue weighted by atomic mass is 16.5. The molecule has 0 saturated heterocycles. The van der Waals surface area contributed by atoms with E-state index >= 15 is 0 Å². The molecule has 3 rings (SSSR count). The van der Waals surface area contributed by atoms with Crippen molar-refractivity contribution in [1.29, 1.82) is 0 Å². The highest BCUT2D eigenvalue weighted by Crippen LogP contribution is 2.21. The molecule has 3 aromatic rings. The first-order valence-electron chi connectivity index (χ1n) is 7.28. The Hall–Kier alpha value is -2.82. The third-order valence-electron chi connectivity index (χ3n) is 3.29. The lowest BCUT2D eigenvalue weighted by Gasteiger charge is -2.07. The number of rotatable bonds is 6. The zero-order chi connectivity index (χ0) is 15.2. The van der Waals surface area contributed by atoms with E-state index in [0.29, 0.717) is 13.2 Å². The van der Waals surface area contributed by atoms with E-state index in [2.05, 4.69) is 20.7 Å². The molecular weight excluding hydrogens is 276 g/mol. The summed E-state index contributed by atoms with van der Waals surface area (Å²) in [6.45, 7) is 3.25. The molecule has 1 heterocycles. The fourth-order valence-corrected chi connectivity index (χ4v) is 2.22. The first kappa shape index (κ1) is 14.1. The van der Waals surface area contributed by atoms with Crippen LogP contribution in [0.25, 0.3) is 11.3 Å². The topological polar surface area (TPSA) is 62.8 Å². The van der Waals surface area contributed by atoms with Gasteiger partial charge in [-0.2, -0.15) is 15.4 Å². The van der Waals surface area contributed by atoms with Gasteiger partial charge >= 0.3 is 0 Å². The van der Waals surface area contributed by atoms with Crippen molar-refractivity contribution in [3.05, 3.63) is 60.3 Å². The van der Waals surface area contributed by atoms with Crippen LogP contribution in [0.2, 0.25) is 0 Å². The van der Waals surface area contributed by atoms with E-state index in [-0.39, 0.29) is 0 Å². The van der Waals surface area contributed by atoms with Crippen molar-refractivity contribution in [3.8, 4) is 17.0 Å². The second-order valence-corrected chi connectivity index (χ2v) is 4.80. The molecule has 0 aliphatic heterocycles. The standard InChI is InChI=1S/C17H18N4O/c1-2-22-15-10-8-14(9-11-15)18-12-16-17(20-21-19-16)13-6-4-3-5-7-13/h3-11,18H,2,12H2,1H3,(H,19,20,21). The van der Waals surface area contributed by atoms with Crippen molar-refractivity contribution < 1.29 is 4.74 Å². The Kier molecular flexibility index (Phi) is 4.34. The second-order valence-electron chi connectivity index (χ2n) is 4.80. The fourth-order valence-electron chi connectivity index (χ4n) is 2.22. The molecule has 112 valence electrons. The molecule has 5 heteroatoms. The van der Waals surface area contributed by atoms with Gasteiger partial charge in [0, 0.05) is 11.3 Å². The summed E-state index contributed by atoms with van der Waals surface area (Å²) in [5.41, 5.74) is 3.84. The van der Waals surface area contributed by atoms with E-state index in [0.717, 1.165) is 28.4 Å². The van der Waals surface area contributed by atoms with Crippen LogP contribution in [0.15, 0.2) is 54.6 Å². The summed E-state index contributed by atoms with van der Waals surface area (Å²) < 4.78 is 5.43. The molecule has 0 bridgehead atoms. The third-order valence-corrected chi connectivity index (χ3v) is 3.29. The first-order chi connectivity index (χ1) is 10.9. The summed E-state index contributed by atoms with van der Waals surface area (Å²) in [4.78, 5) is 0. The van der Waals surface area contributed by atoms with E-state index in [9.17, 15) is 0 Å². The zero-order valence-electron chi connectivity index (χ0n) is 12.4. The Morgan fingerprint density at radius 1 is 1.00 bits per heavy atom. The van der Waals surface area contributed by atoms with Crippen LogP contribution >= 0.6 is 0 Å². The molecule has 0 fully saturated rings. The van der Waals surface area contributed by atoms with Crippen LogP contribution in [-0.2, 0) is 6.54 Å². The monoisotopic (exact) mass is 294 g/mol. The summed E-state index contributed by atoms with van der Waals surface area (Å²) >= 11 is 0. The molecule has 2 N–H and O–H groups in total. The predicted octanol–water partition coefficient (Wildman–Crippen LogP) is 3.48. The van der Waals surface area contributed by atoms with E-state index in [1.807, 2.05) is 61.5 Å². The molecule has 1 aromatic heterocycles. The Labute approximate surface area is 129 Å². The number of aromatic amines is 1. The second kappa shape index (κ2) is 6.76. The molecule has 0 aliphatic rings. The number of hydrogen-bond acceptors (Lipinski definition) is 4. The van der Waals surface area contributed by atoms with E-state index < -0.39 is 0 Å². The molecule has 0 aliphatic carbocycles.